The Morgan fingerprint density at radius 3 is 2.19 bits per heavy atom. The van der Waals surface area contributed by atoms with Gasteiger partial charge in [0.2, 0.25) is 0 Å². The molecule has 0 saturated heterocycles. The Balaban J connectivity index is 4.51. The number of nitrogens with one attached hydrogen (secondary N) is 3. The van der Waals surface area contributed by atoms with Crippen molar-refractivity contribution in [1.82, 2.24) is 16.0 Å². The molecule has 0 fully saturated rings. The van der Waals surface area contributed by atoms with Crippen LogP contribution < -0.4 is 16.0 Å². The number of nitrogens with zero attached hydrogens (tertiary/aromatic N) is 1. The van der Waals surface area contributed by atoms with Crippen LogP contribution in [0.25, 0.3) is 0 Å². The number of ether oxygens (including phenoxy) is 1. The Labute approximate surface area is 129 Å². The summed E-state index contributed by atoms with van der Waals surface area (Å²) in [5, 5.41) is 9.25. The van der Waals surface area contributed by atoms with E-state index in [9.17, 15) is 4.79 Å². The van der Waals surface area contributed by atoms with Crippen molar-refractivity contribution < 1.29 is 9.53 Å². The van der Waals surface area contributed by atoms with Gasteiger partial charge in [0.1, 0.15) is 5.60 Å². The predicted molar refractivity (Wildman–Crippen MR) is 87.7 cm³/mol. The lowest BCUT2D eigenvalue weighted by atomic mass is 10.1. The van der Waals surface area contributed by atoms with E-state index >= 15 is 0 Å². The maximum Gasteiger partial charge on any atom is 0.408 e. The number of hydrogen-bond acceptors (Lipinski definition) is 3. The molecule has 0 rings (SSSR count). The lowest BCUT2D eigenvalue weighted by Gasteiger charge is -2.27. The summed E-state index contributed by atoms with van der Waals surface area (Å²) in [5.74, 6) is 0.762. The first kappa shape index (κ1) is 19.5. The van der Waals surface area contributed by atoms with Crippen LogP contribution in [0.15, 0.2) is 4.99 Å². The number of amides is 1. The third kappa shape index (κ3) is 10.9. The van der Waals surface area contributed by atoms with Gasteiger partial charge in [0.25, 0.3) is 0 Å². The number of rotatable bonds is 6. The highest BCUT2D eigenvalue weighted by Crippen LogP contribution is 2.09. The SMILES string of the molecule is CCCNC(=NCC(C)(C)NC(=O)OC(C)(C)C)NCC. The van der Waals surface area contributed by atoms with Crippen LogP contribution in [0.2, 0.25) is 0 Å². The summed E-state index contributed by atoms with van der Waals surface area (Å²) in [5.41, 5.74) is -0.974. The predicted octanol–water partition coefficient (Wildman–Crippen LogP) is 2.25. The molecule has 0 saturated carbocycles. The van der Waals surface area contributed by atoms with E-state index in [0.717, 1.165) is 25.5 Å². The first-order valence-corrected chi connectivity index (χ1v) is 7.63. The first-order chi connectivity index (χ1) is 9.59. The van der Waals surface area contributed by atoms with E-state index in [1.54, 1.807) is 0 Å². The van der Waals surface area contributed by atoms with Crippen LogP contribution in [-0.4, -0.2) is 42.8 Å². The van der Waals surface area contributed by atoms with Crippen molar-refractivity contribution in [3.05, 3.63) is 0 Å². The largest absolute Gasteiger partial charge is 0.444 e. The fourth-order valence-electron chi connectivity index (χ4n) is 1.48. The van der Waals surface area contributed by atoms with Gasteiger partial charge in [-0.1, -0.05) is 6.92 Å². The van der Waals surface area contributed by atoms with Crippen molar-refractivity contribution in [3.8, 4) is 0 Å². The third-order valence-electron chi connectivity index (χ3n) is 2.36. The summed E-state index contributed by atoms with van der Waals surface area (Å²) in [6.45, 7) is 15.6. The number of alkyl carbamates (subject to hydrolysis) is 1. The topological polar surface area (TPSA) is 74.8 Å². The minimum atomic E-state index is -0.499. The molecule has 0 aromatic rings. The second kappa shape index (κ2) is 8.74. The highest BCUT2D eigenvalue weighted by molar-refractivity contribution is 5.79. The summed E-state index contributed by atoms with van der Waals surface area (Å²) in [6, 6.07) is 0. The quantitative estimate of drug-likeness (QED) is 0.519. The van der Waals surface area contributed by atoms with Crippen LogP contribution in [0.4, 0.5) is 4.79 Å². The van der Waals surface area contributed by atoms with Gasteiger partial charge in [-0.3, -0.25) is 4.99 Å². The van der Waals surface area contributed by atoms with E-state index < -0.39 is 17.2 Å². The molecule has 0 aliphatic rings. The number of carbonyl (C=O) groups excluding carboxylic acids is 1. The molecule has 0 aromatic heterocycles. The maximum atomic E-state index is 11.8. The van der Waals surface area contributed by atoms with Crippen LogP contribution in [-0.2, 0) is 4.74 Å². The molecule has 1 amide bonds. The molecule has 0 aliphatic heterocycles. The van der Waals surface area contributed by atoms with Gasteiger partial charge in [-0.25, -0.2) is 4.79 Å². The summed E-state index contributed by atoms with van der Waals surface area (Å²) in [7, 11) is 0. The standard InChI is InChI=1S/C15H32N4O2/c1-8-10-17-12(16-9-2)18-11-15(6,7)19-13(20)21-14(3,4)5/h8-11H2,1-7H3,(H,19,20)(H2,16,17,18). The summed E-state index contributed by atoms with van der Waals surface area (Å²) in [6.07, 6.45) is 0.610. The normalized spacial score (nSPS) is 12.8. The van der Waals surface area contributed by atoms with Crippen molar-refractivity contribution in [2.24, 2.45) is 4.99 Å². The number of aliphatic imine (C=N–C) groups is 1. The fraction of sp³-hybridized carbons (Fsp3) is 0.867. The van der Waals surface area contributed by atoms with Gasteiger partial charge in [0.15, 0.2) is 5.96 Å². The van der Waals surface area contributed by atoms with E-state index in [-0.39, 0.29) is 0 Å². The molecular weight excluding hydrogens is 268 g/mol. The van der Waals surface area contributed by atoms with E-state index in [4.69, 9.17) is 4.74 Å². The Kier molecular flexibility index (Phi) is 8.14. The van der Waals surface area contributed by atoms with Gasteiger partial charge in [-0.2, -0.15) is 0 Å². The maximum absolute atomic E-state index is 11.8. The number of guanidine groups is 1. The minimum Gasteiger partial charge on any atom is -0.444 e. The molecular formula is C15H32N4O2. The van der Waals surface area contributed by atoms with E-state index in [1.165, 1.54) is 0 Å². The highest BCUT2D eigenvalue weighted by Gasteiger charge is 2.24. The molecule has 0 unspecified atom stereocenters. The first-order valence-electron chi connectivity index (χ1n) is 7.63. The van der Waals surface area contributed by atoms with Gasteiger partial charge >= 0.3 is 6.09 Å². The molecule has 0 aliphatic carbocycles. The summed E-state index contributed by atoms with van der Waals surface area (Å²) < 4.78 is 5.26. The molecule has 0 radical (unpaired) electrons. The van der Waals surface area contributed by atoms with Crippen molar-refractivity contribution in [3.63, 3.8) is 0 Å². The number of carbonyl (C=O) groups is 1. The average Bonchev–Trinajstić information content (AvgIpc) is 2.29. The lowest BCUT2D eigenvalue weighted by Crippen LogP contribution is -2.48. The zero-order valence-corrected chi connectivity index (χ0v) is 14.6. The Morgan fingerprint density at radius 1 is 1.10 bits per heavy atom. The molecule has 0 spiro atoms. The van der Waals surface area contributed by atoms with Crippen molar-refractivity contribution in [2.45, 2.75) is 66.0 Å². The molecule has 3 N–H and O–H groups in total. The second-order valence-electron chi connectivity index (χ2n) is 6.63. The zero-order chi connectivity index (χ0) is 16.5. The van der Waals surface area contributed by atoms with Crippen molar-refractivity contribution >= 4 is 12.1 Å². The Bertz CT molecular complexity index is 346. The van der Waals surface area contributed by atoms with Crippen LogP contribution >= 0.6 is 0 Å². The zero-order valence-electron chi connectivity index (χ0n) is 14.6. The second-order valence-corrected chi connectivity index (χ2v) is 6.63. The molecule has 0 heterocycles. The molecule has 124 valence electrons. The van der Waals surface area contributed by atoms with Crippen LogP contribution in [0, 0.1) is 0 Å². The fourth-order valence-corrected chi connectivity index (χ4v) is 1.48. The summed E-state index contributed by atoms with van der Waals surface area (Å²) in [4.78, 5) is 16.3. The third-order valence-corrected chi connectivity index (χ3v) is 2.36. The molecule has 6 nitrogen and oxygen atoms in total. The monoisotopic (exact) mass is 300 g/mol. The van der Waals surface area contributed by atoms with Gasteiger partial charge in [0, 0.05) is 13.1 Å². The van der Waals surface area contributed by atoms with Crippen molar-refractivity contribution in [2.75, 3.05) is 19.6 Å². The molecule has 0 bridgehead atoms. The molecule has 0 atom stereocenters. The van der Waals surface area contributed by atoms with Crippen molar-refractivity contribution in [1.29, 1.82) is 0 Å². The smallest absolute Gasteiger partial charge is 0.408 e. The van der Waals surface area contributed by atoms with Gasteiger partial charge in [-0.15, -0.1) is 0 Å². The molecule has 6 heteroatoms. The van der Waals surface area contributed by atoms with Gasteiger partial charge in [0.05, 0.1) is 12.1 Å². The van der Waals surface area contributed by atoms with E-state index in [0.29, 0.717) is 6.54 Å². The average molecular weight is 300 g/mol. The van der Waals surface area contributed by atoms with Crippen LogP contribution in [0.5, 0.6) is 0 Å². The summed E-state index contributed by atoms with van der Waals surface area (Å²) >= 11 is 0. The minimum absolute atomic E-state index is 0.422. The Hall–Kier alpha value is -1.46. The van der Waals surface area contributed by atoms with E-state index in [2.05, 4.69) is 27.9 Å². The van der Waals surface area contributed by atoms with E-state index in [1.807, 2.05) is 41.5 Å². The Morgan fingerprint density at radius 2 is 1.71 bits per heavy atom. The lowest BCUT2D eigenvalue weighted by molar-refractivity contribution is 0.0476. The number of hydrogen-bond donors (Lipinski definition) is 3. The molecule has 21 heavy (non-hydrogen) atoms. The van der Waals surface area contributed by atoms with Gasteiger partial charge < -0.3 is 20.7 Å². The van der Waals surface area contributed by atoms with Gasteiger partial charge in [-0.05, 0) is 48.0 Å². The molecule has 0 aromatic carbocycles. The highest BCUT2D eigenvalue weighted by atomic mass is 16.6. The van der Waals surface area contributed by atoms with Crippen LogP contribution in [0.1, 0.15) is 54.9 Å². The van der Waals surface area contributed by atoms with Crippen LogP contribution in [0.3, 0.4) is 0 Å².